The van der Waals surface area contributed by atoms with E-state index in [2.05, 4.69) is 5.32 Å². The second-order valence-electron chi connectivity index (χ2n) is 5.72. The first-order chi connectivity index (χ1) is 11.1. The number of ether oxygens (including phenoxy) is 2. The third-order valence-electron chi connectivity index (χ3n) is 4.00. The van der Waals surface area contributed by atoms with Crippen LogP contribution in [0.25, 0.3) is 0 Å². The molecule has 1 aliphatic heterocycles. The zero-order valence-corrected chi connectivity index (χ0v) is 13.9. The zero-order chi connectivity index (χ0) is 16.7. The quantitative estimate of drug-likeness (QED) is 0.784. The Balaban J connectivity index is 1.91. The molecule has 1 aliphatic rings. The molecule has 5 nitrogen and oxygen atoms in total. The van der Waals surface area contributed by atoms with Crippen LogP contribution in [0, 0.1) is 0 Å². The van der Waals surface area contributed by atoms with Crippen molar-refractivity contribution in [3.05, 3.63) is 23.8 Å². The Hall–Kier alpha value is -2.04. The largest absolute Gasteiger partial charge is 0.490 e. The first kappa shape index (κ1) is 17.3. The van der Waals surface area contributed by atoms with Gasteiger partial charge in [0.2, 0.25) is 5.91 Å². The third-order valence-corrected chi connectivity index (χ3v) is 4.00. The molecule has 126 valence electrons. The Bertz CT molecular complexity index is 552. The Kier molecular flexibility index (Phi) is 6.44. The van der Waals surface area contributed by atoms with Crippen molar-refractivity contribution in [3.8, 4) is 11.5 Å². The SMILES string of the molecule is CCC(CC)NC(=O)CCC(=O)c1ccc2c(c1)OCCCO2. The number of hydrogen-bond acceptors (Lipinski definition) is 4. The van der Waals surface area contributed by atoms with Gasteiger partial charge in [-0.1, -0.05) is 13.8 Å². The van der Waals surface area contributed by atoms with E-state index in [9.17, 15) is 9.59 Å². The molecule has 0 aromatic heterocycles. The van der Waals surface area contributed by atoms with Crippen molar-refractivity contribution < 1.29 is 19.1 Å². The minimum absolute atomic E-state index is 0.0552. The summed E-state index contributed by atoms with van der Waals surface area (Å²) in [6.45, 7) is 5.29. The summed E-state index contributed by atoms with van der Waals surface area (Å²) >= 11 is 0. The van der Waals surface area contributed by atoms with Crippen molar-refractivity contribution in [1.29, 1.82) is 0 Å². The topological polar surface area (TPSA) is 64.6 Å². The molecule has 0 radical (unpaired) electrons. The summed E-state index contributed by atoms with van der Waals surface area (Å²) in [5.41, 5.74) is 0.560. The van der Waals surface area contributed by atoms with Crippen LogP contribution in [-0.4, -0.2) is 30.9 Å². The smallest absolute Gasteiger partial charge is 0.220 e. The molecule has 0 saturated carbocycles. The summed E-state index contributed by atoms with van der Waals surface area (Å²) in [4.78, 5) is 24.1. The maximum Gasteiger partial charge on any atom is 0.220 e. The number of carbonyl (C=O) groups excluding carboxylic acids is 2. The summed E-state index contributed by atoms with van der Waals surface area (Å²) in [7, 11) is 0. The summed E-state index contributed by atoms with van der Waals surface area (Å²) in [6, 6.07) is 5.39. The van der Waals surface area contributed by atoms with Gasteiger partial charge in [-0.15, -0.1) is 0 Å². The van der Waals surface area contributed by atoms with Crippen LogP contribution in [0.15, 0.2) is 18.2 Å². The van der Waals surface area contributed by atoms with Crippen LogP contribution in [0.2, 0.25) is 0 Å². The van der Waals surface area contributed by atoms with E-state index in [1.807, 2.05) is 13.8 Å². The Morgan fingerprint density at radius 3 is 2.48 bits per heavy atom. The second kappa shape index (κ2) is 8.56. The van der Waals surface area contributed by atoms with E-state index in [0.29, 0.717) is 30.3 Å². The van der Waals surface area contributed by atoms with Crippen molar-refractivity contribution >= 4 is 11.7 Å². The molecule has 1 N–H and O–H groups in total. The number of benzene rings is 1. The lowest BCUT2D eigenvalue weighted by Crippen LogP contribution is -2.33. The third kappa shape index (κ3) is 4.98. The lowest BCUT2D eigenvalue weighted by Gasteiger charge is -2.14. The van der Waals surface area contributed by atoms with E-state index in [1.54, 1.807) is 18.2 Å². The van der Waals surface area contributed by atoms with Crippen molar-refractivity contribution in [2.45, 2.75) is 52.0 Å². The molecule has 2 rings (SSSR count). The number of amides is 1. The molecular formula is C18H25NO4. The summed E-state index contributed by atoms with van der Waals surface area (Å²) in [5, 5.41) is 2.95. The van der Waals surface area contributed by atoms with Crippen LogP contribution in [0.3, 0.4) is 0 Å². The molecule has 23 heavy (non-hydrogen) atoms. The highest BCUT2D eigenvalue weighted by Gasteiger charge is 2.16. The molecule has 0 unspecified atom stereocenters. The molecule has 1 heterocycles. The van der Waals surface area contributed by atoms with Gasteiger partial charge in [-0.2, -0.15) is 0 Å². The fourth-order valence-electron chi connectivity index (χ4n) is 2.50. The van der Waals surface area contributed by atoms with Crippen molar-refractivity contribution in [3.63, 3.8) is 0 Å². The highest BCUT2D eigenvalue weighted by molar-refractivity contribution is 5.98. The average molecular weight is 319 g/mol. The summed E-state index contributed by atoms with van der Waals surface area (Å²) < 4.78 is 11.1. The van der Waals surface area contributed by atoms with Crippen molar-refractivity contribution in [2.75, 3.05) is 13.2 Å². The molecule has 0 saturated heterocycles. The maximum atomic E-state index is 12.3. The predicted molar refractivity (Wildman–Crippen MR) is 88.1 cm³/mol. The fraction of sp³-hybridized carbons (Fsp3) is 0.556. The van der Waals surface area contributed by atoms with Gasteiger partial charge in [0.15, 0.2) is 17.3 Å². The van der Waals surface area contributed by atoms with Gasteiger partial charge in [0.25, 0.3) is 0 Å². The van der Waals surface area contributed by atoms with Gasteiger partial charge in [-0.3, -0.25) is 9.59 Å². The molecule has 0 fully saturated rings. The molecule has 5 heteroatoms. The molecule has 0 atom stereocenters. The number of Topliss-reactive ketones (excluding diaryl/α,β-unsaturated/α-hetero) is 1. The number of nitrogens with one attached hydrogen (secondary N) is 1. The van der Waals surface area contributed by atoms with Gasteiger partial charge in [-0.05, 0) is 31.0 Å². The summed E-state index contributed by atoms with van der Waals surface area (Å²) in [6.07, 6.45) is 3.04. The van der Waals surface area contributed by atoms with Crippen LogP contribution < -0.4 is 14.8 Å². The first-order valence-electron chi connectivity index (χ1n) is 8.36. The van der Waals surface area contributed by atoms with E-state index in [4.69, 9.17) is 9.47 Å². The molecule has 1 aromatic carbocycles. The van der Waals surface area contributed by atoms with Crippen LogP contribution >= 0.6 is 0 Å². The molecule has 0 spiro atoms. The lowest BCUT2D eigenvalue weighted by molar-refractivity contribution is -0.121. The Labute approximate surface area is 137 Å². The molecule has 1 aromatic rings. The van der Waals surface area contributed by atoms with Crippen LogP contribution in [0.1, 0.15) is 56.3 Å². The van der Waals surface area contributed by atoms with E-state index >= 15 is 0 Å². The molecule has 0 aliphatic carbocycles. The molecule has 1 amide bonds. The van der Waals surface area contributed by atoms with Crippen LogP contribution in [0.4, 0.5) is 0 Å². The van der Waals surface area contributed by atoms with E-state index in [1.165, 1.54) is 0 Å². The van der Waals surface area contributed by atoms with E-state index in [-0.39, 0.29) is 30.6 Å². The highest BCUT2D eigenvalue weighted by Crippen LogP contribution is 2.30. The van der Waals surface area contributed by atoms with Gasteiger partial charge < -0.3 is 14.8 Å². The van der Waals surface area contributed by atoms with Gasteiger partial charge in [0.05, 0.1) is 13.2 Å². The van der Waals surface area contributed by atoms with E-state index < -0.39 is 0 Å². The fourth-order valence-corrected chi connectivity index (χ4v) is 2.50. The van der Waals surface area contributed by atoms with Crippen LogP contribution in [-0.2, 0) is 4.79 Å². The van der Waals surface area contributed by atoms with Crippen LogP contribution in [0.5, 0.6) is 11.5 Å². The van der Waals surface area contributed by atoms with Gasteiger partial charge in [0, 0.05) is 30.9 Å². The Morgan fingerprint density at radius 2 is 1.78 bits per heavy atom. The Morgan fingerprint density at radius 1 is 1.09 bits per heavy atom. The van der Waals surface area contributed by atoms with Gasteiger partial charge in [-0.25, -0.2) is 0 Å². The number of ketones is 1. The first-order valence-corrected chi connectivity index (χ1v) is 8.36. The zero-order valence-electron chi connectivity index (χ0n) is 13.9. The normalized spacial score (nSPS) is 13.5. The summed E-state index contributed by atoms with van der Waals surface area (Å²) in [5.74, 6) is 1.15. The van der Waals surface area contributed by atoms with Crippen molar-refractivity contribution in [1.82, 2.24) is 5.32 Å². The van der Waals surface area contributed by atoms with Crippen molar-refractivity contribution in [2.24, 2.45) is 0 Å². The number of fused-ring (bicyclic) bond motifs is 1. The number of hydrogen-bond donors (Lipinski definition) is 1. The number of carbonyl (C=O) groups is 2. The maximum absolute atomic E-state index is 12.3. The highest BCUT2D eigenvalue weighted by atomic mass is 16.5. The standard InChI is InChI=1S/C18H25NO4/c1-3-14(4-2)19-18(21)9-7-15(20)13-6-8-16-17(12-13)23-11-5-10-22-16/h6,8,12,14H,3-5,7,9-11H2,1-2H3,(H,19,21). The van der Waals surface area contributed by atoms with E-state index in [0.717, 1.165) is 19.3 Å². The van der Waals surface area contributed by atoms with Gasteiger partial charge >= 0.3 is 0 Å². The molecular weight excluding hydrogens is 294 g/mol. The monoisotopic (exact) mass is 319 g/mol. The number of rotatable bonds is 7. The second-order valence-corrected chi connectivity index (χ2v) is 5.72. The minimum Gasteiger partial charge on any atom is -0.490 e. The minimum atomic E-state index is -0.0682. The average Bonchev–Trinajstić information content (AvgIpc) is 2.82. The molecule has 0 bridgehead atoms. The predicted octanol–water partition coefficient (Wildman–Crippen LogP) is 3.12. The van der Waals surface area contributed by atoms with Gasteiger partial charge in [0.1, 0.15) is 0 Å². The lowest BCUT2D eigenvalue weighted by atomic mass is 10.1.